The Hall–Kier alpha value is -3.22. The molecule has 2 aromatic carbocycles. The zero-order chi connectivity index (χ0) is 19.1. The number of amides is 1. The van der Waals surface area contributed by atoms with E-state index in [4.69, 9.17) is 15.2 Å². The molecule has 0 spiro atoms. The van der Waals surface area contributed by atoms with Crippen LogP contribution in [0.15, 0.2) is 47.5 Å². The fraction of sp³-hybridized carbons (Fsp3) is 0.263. The fourth-order valence-electron chi connectivity index (χ4n) is 2.29. The van der Waals surface area contributed by atoms with Crippen LogP contribution in [0.4, 0.5) is 5.69 Å². The van der Waals surface area contributed by atoms with Crippen molar-refractivity contribution in [1.29, 1.82) is 0 Å². The number of benzene rings is 2. The van der Waals surface area contributed by atoms with E-state index in [1.165, 1.54) is 4.90 Å². The van der Waals surface area contributed by atoms with Crippen molar-refractivity contribution in [3.05, 3.63) is 53.6 Å². The molecule has 0 saturated heterocycles. The first kappa shape index (κ1) is 19.1. The lowest BCUT2D eigenvalue weighted by atomic mass is 10.1. The van der Waals surface area contributed by atoms with Crippen LogP contribution in [0, 0.1) is 0 Å². The minimum atomic E-state index is -0.0327. The third-order valence-electron chi connectivity index (χ3n) is 3.69. The molecule has 2 rings (SSSR count). The normalized spacial score (nSPS) is 11.0. The van der Waals surface area contributed by atoms with Crippen LogP contribution in [0.1, 0.15) is 15.9 Å². The summed E-state index contributed by atoms with van der Waals surface area (Å²) >= 11 is 0. The first-order valence-corrected chi connectivity index (χ1v) is 8.04. The van der Waals surface area contributed by atoms with Crippen molar-refractivity contribution < 1.29 is 14.3 Å². The molecule has 0 aliphatic heterocycles. The summed E-state index contributed by atoms with van der Waals surface area (Å²) in [5, 5.41) is 3.01. The van der Waals surface area contributed by atoms with Crippen LogP contribution in [0.3, 0.4) is 0 Å². The average Bonchev–Trinajstić information content (AvgIpc) is 2.66. The number of hydrogen-bond donors (Lipinski definition) is 2. The van der Waals surface area contributed by atoms with Crippen molar-refractivity contribution in [1.82, 2.24) is 4.90 Å². The monoisotopic (exact) mass is 356 g/mol. The van der Waals surface area contributed by atoms with Gasteiger partial charge in [-0.15, -0.1) is 0 Å². The number of guanidine groups is 1. The van der Waals surface area contributed by atoms with Crippen molar-refractivity contribution in [3.63, 3.8) is 0 Å². The molecule has 2 aromatic rings. The minimum absolute atomic E-state index is 0.0327. The predicted octanol–water partition coefficient (Wildman–Crippen LogP) is 2.33. The number of hydrogen-bond acceptors (Lipinski definition) is 4. The summed E-state index contributed by atoms with van der Waals surface area (Å²) in [6.45, 7) is 0.405. The van der Waals surface area contributed by atoms with E-state index >= 15 is 0 Å². The van der Waals surface area contributed by atoms with E-state index in [-0.39, 0.29) is 11.9 Å². The molecule has 0 saturated carbocycles. The van der Waals surface area contributed by atoms with Crippen LogP contribution in [-0.4, -0.2) is 45.1 Å². The van der Waals surface area contributed by atoms with Crippen LogP contribution < -0.4 is 20.5 Å². The van der Waals surface area contributed by atoms with Gasteiger partial charge in [-0.2, -0.15) is 0 Å². The Bertz CT molecular complexity index is 786. The van der Waals surface area contributed by atoms with E-state index in [1.54, 1.807) is 52.6 Å². The fourth-order valence-corrected chi connectivity index (χ4v) is 2.29. The summed E-state index contributed by atoms with van der Waals surface area (Å²) in [4.78, 5) is 17.7. The SMILES string of the molecule is COc1ccc(NC(N)=NCc2ccc(C(=O)N(C)C)cc2)cc1OC. The quantitative estimate of drug-likeness (QED) is 0.612. The molecule has 1 amide bonds. The number of anilines is 1. The number of carbonyl (C=O) groups is 1. The molecule has 26 heavy (non-hydrogen) atoms. The molecule has 0 aromatic heterocycles. The number of aliphatic imine (C=N–C) groups is 1. The summed E-state index contributed by atoms with van der Waals surface area (Å²) < 4.78 is 10.5. The van der Waals surface area contributed by atoms with Gasteiger partial charge < -0.3 is 25.4 Å². The standard InChI is InChI=1S/C19H24N4O3/c1-23(2)18(24)14-7-5-13(6-8-14)12-21-19(20)22-15-9-10-16(25-3)17(11-15)26-4/h5-11H,12H2,1-4H3,(H3,20,21,22). The number of nitrogens with one attached hydrogen (secondary N) is 1. The van der Waals surface area contributed by atoms with Gasteiger partial charge in [-0.1, -0.05) is 12.1 Å². The number of ether oxygens (including phenoxy) is 2. The van der Waals surface area contributed by atoms with E-state index in [1.807, 2.05) is 18.2 Å². The van der Waals surface area contributed by atoms with Crippen LogP contribution in [0.2, 0.25) is 0 Å². The van der Waals surface area contributed by atoms with E-state index in [2.05, 4.69) is 10.3 Å². The molecule has 0 aliphatic rings. The van der Waals surface area contributed by atoms with Gasteiger partial charge in [0.1, 0.15) is 0 Å². The van der Waals surface area contributed by atoms with Gasteiger partial charge in [-0.25, -0.2) is 4.99 Å². The first-order chi connectivity index (χ1) is 12.4. The molecule has 138 valence electrons. The minimum Gasteiger partial charge on any atom is -0.493 e. The van der Waals surface area contributed by atoms with E-state index in [0.717, 1.165) is 11.3 Å². The maximum atomic E-state index is 11.9. The molecule has 0 radical (unpaired) electrons. The third kappa shape index (κ3) is 4.89. The van der Waals surface area contributed by atoms with Crippen molar-refractivity contribution in [2.45, 2.75) is 6.54 Å². The van der Waals surface area contributed by atoms with Gasteiger partial charge in [0, 0.05) is 31.4 Å². The second-order valence-electron chi connectivity index (χ2n) is 5.79. The molecular weight excluding hydrogens is 332 g/mol. The topological polar surface area (TPSA) is 89.2 Å². The molecule has 0 heterocycles. The maximum absolute atomic E-state index is 11.9. The van der Waals surface area contributed by atoms with Gasteiger partial charge in [-0.05, 0) is 29.8 Å². The summed E-state index contributed by atoms with van der Waals surface area (Å²) in [6, 6.07) is 12.7. The maximum Gasteiger partial charge on any atom is 0.253 e. The van der Waals surface area contributed by atoms with Gasteiger partial charge >= 0.3 is 0 Å². The van der Waals surface area contributed by atoms with Crippen molar-refractivity contribution in [3.8, 4) is 11.5 Å². The zero-order valence-corrected chi connectivity index (χ0v) is 15.4. The average molecular weight is 356 g/mol. The summed E-state index contributed by atoms with van der Waals surface area (Å²) in [5.74, 6) is 1.49. The molecular formula is C19H24N4O3. The van der Waals surface area contributed by atoms with E-state index in [0.29, 0.717) is 23.6 Å². The highest BCUT2D eigenvalue weighted by molar-refractivity contribution is 5.94. The Labute approximate surface area is 153 Å². The highest BCUT2D eigenvalue weighted by Gasteiger charge is 2.07. The summed E-state index contributed by atoms with van der Waals surface area (Å²) in [6.07, 6.45) is 0. The van der Waals surface area contributed by atoms with Gasteiger partial charge in [0.15, 0.2) is 17.5 Å². The van der Waals surface area contributed by atoms with Crippen molar-refractivity contribution in [2.24, 2.45) is 10.7 Å². The van der Waals surface area contributed by atoms with Crippen LogP contribution >= 0.6 is 0 Å². The Morgan fingerprint density at radius 1 is 1.08 bits per heavy atom. The smallest absolute Gasteiger partial charge is 0.253 e. The van der Waals surface area contributed by atoms with Gasteiger partial charge in [0.05, 0.1) is 20.8 Å². The van der Waals surface area contributed by atoms with Crippen LogP contribution in [0.5, 0.6) is 11.5 Å². The largest absolute Gasteiger partial charge is 0.493 e. The molecule has 0 aliphatic carbocycles. The predicted molar refractivity (Wildman–Crippen MR) is 103 cm³/mol. The second-order valence-corrected chi connectivity index (χ2v) is 5.79. The van der Waals surface area contributed by atoms with Gasteiger partial charge in [0.25, 0.3) is 5.91 Å². The molecule has 0 unspecified atom stereocenters. The number of nitrogens with zero attached hydrogens (tertiary/aromatic N) is 2. The third-order valence-corrected chi connectivity index (χ3v) is 3.69. The molecule has 7 nitrogen and oxygen atoms in total. The molecule has 0 bridgehead atoms. The Morgan fingerprint density at radius 3 is 2.31 bits per heavy atom. The van der Waals surface area contributed by atoms with Crippen molar-refractivity contribution in [2.75, 3.05) is 33.6 Å². The molecule has 0 fully saturated rings. The molecule has 3 N–H and O–H groups in total. The van der Waals surface area contributed by atoms with Gasteiger partial charge in [-0.3, -0.25) is 4.79 Å². The van der Waals surface area contributed by atoms with Crippen molar-refractivity contribution >= 4 is 17.6 Å². The Balaban J connectivity index is 2.01. The first-order valence-electron chi connectivity index (χ1n) is 8.04. The zero-order valence-electron chi connectivity index (χ0n) is 15.4. The Kier molecular flexibility index (Phi) is 6.43. The van der Waals surface area contributed by atoms with E-state index < -0.39 is 0 Å². The summed E-state index contributed by atoms with van der Waals surface area (Å²) in [5.41, 5.74) is 8.28. The lowest BCUT2D eigenvalue weighted by molar-refractivity contribution is 0.0827. The number of rotatable bonds is 6. The highest BCUT2D eigenvalue weighted by Crippen LogP contribution is 2.29. The lowest BCUT2D eigenvalue weighted by Gasteiger charge is -2.11. The van der Waals surface area contributed by atoms with Crippen LogP contribution in [-0.2, 0) is 6.54 Å². The number of methoxy groups -OCH3 is 2. The highest BCUT2D eigenvalue weighted by atomic mass is 16.5. The number of carbonyl (C=O) groups excluding carboxylic acids is 1. The van der Waals surface area contributed by atoms with E-state index in [9.17, 15) is 4.79 Å². The molecule has 7 heteroatoms. The second kappa shape index (κ2) is 8.75. The van der Waals surface area contributed by atoms with Gasteiger partial charge in [0.2, 0.25) is 0 Å². The Morgan fingerprint density at radius 2 is 1.73 bits per heavy atom. The number of nitrogens with two attached hydrogens (primary N) is 1. The lowest BCUT2D eigenvalue weighted by Crippen LogP contribution is -2.22. The van der Waals surface area contributed by atoms with Crippen LogP contribution in [0.25, 0.3) is 0 Å². The molecule has 0 atom stereocenters. The summed E-state index contributed by atoms with van der Waals surface area (Å²) in [7, 11) is 6.60.